The summed E-state index contributed by atoms with van der Waals surface area (Å²) in [6.07, 6.45) is 2.46. The molecule has 7 heteroatoms. The maximum Gasteiger partial charge on any atom is 0.410 e. The molecule has 1 aliphatic heterocycles. The maximum absolute atomic E-state index is 13.4. The molecule has 1 N–H and O–H groups in total. The van der Waals surface area contributed by atoms with Gasteiger partial charge >= 0.3 is 12.1 Å². The number of benzene rings is 2. The first kappa shape index (κ1) is 23.9. The Morgan fingerprint density at radius 3 is 2.29 bits per heavy atom. The fraction of sp³-hybridized carbons (Fsp3) is 0.481. The zero-order chi connectivity index (χ0) is 24.1. The second-order valence-electron chi connectivity index (χ2n) is 8.91. The van der Waals surface area contributed by atoms with Gasteiger partial charge in [-0.05, 0) is 74.8 Å². The molecule has 0 aromatic heterocycles. The van der Waals surface area contributed by atoms with Crippen LogP contribution >= 0.6 is 0 Å². The van der Waals surface area contributed by atoms with Gasteiger partial charge in [0.2, 0.25) is 0 Å². The Morgan fingerprint density at radius 1 is 1.03 bits per heavy atom. The molecule has 1 aliphatic carbocycles. The van der Waals surface area contributed by atoms with Crippen LogP contribution in [-0.2, 0) is 28.1 Å². The van der Waals surface area contributed by atoms with E-state index < -0.39 is 17.4 Å². The van der Waals surface area contributed by atoms with Crippen LogP contribution in [0.5, 0.6) is 11.5 Å². The number of carboxylic acid groups (broad SMARTS) is 1. The molecule has 34 heavy (non-hydrogen) atoms. The van der Waals surface area contributed by atoms with E-state index in [0.717, 1.165) is 16.7 Å². The van der Waals surface area contributed by atoms with E-state index in [1.54, 1.807) is 0 Å². The first-order valence-corrected chi connectivity index (χ1v) is 12.1. The molecule has 2 aromatic carbocycles. The van der Waals surface area contributed by atoms with Crippen LogP contribution in [0.1, 0.15) is 56.2 Å². The zero-order valence-electron chi connectivity index (χ0n) is 19.9. The molecular formula is C27H33NO6. The van der Waals surface area contributed by atoms with Crippen LogP contribution in [-0.4, -0.2) is 41.8 Å². The minimum atomic E-state index is -0.772. The summed E-state index contributed by atoms with van der Waals surface area (Å²) in [5, 5.41) is 9.57. The summed E-state index contributed by atoms with van der Waals surface area (Å²) in [4.78, 5) is 26.9. The number of hydrogen-bond donors (Lipinski definition) is 1. The Hall–Kier alpha value is -3.22. The van der Waals surface area contributed by atoms with Gasteiger partial charge in [-0.25, -0.2) is 4.79 Å². The first-order valence-electron chi connectivity index (χ1n) is 12.1. The normalized spacial score (nSPS) is 21.6. The maximum atomic E-state index is 13.4. The van der Waals surface area contributed by atoms with E-state index in [2.05, 4.69) is 0 Å². The van der Waals surface area contributed by atoms with E-state index in [4.69, 9.17) is 14.2 Å². The molecule has 1 saturated carbocycles. The van der Waals surface area contributed by atoms with Crippen LogP contribution in [0.25, 0.3) is 0 Å². The smallest absolute Gasteiger partial charge is 0.410 e. The van der Waals surface area contributed by atoms with Crippen LogP contribution in [0.4, 0.5) is 4.79 Å². The van der Waals surface area contributed by atoms with Crippen molar-refractivity contribution in [3.8, 4) is 11.5 Å². The highest BCUT2D eigenvalue weighted by atomic mass is 16.6. The Kier molecular flexibility index (Phi) is 7.29. The molecule has 2 aliphatic rings. The Bertz CT molecular complexity index is 1010. The van der Waals surface area contributed by atoms with Crippen molar-refractivity contribution >= 4 is 12.1 Å². The molecule has 1 amide bonds. The number of ether oxygens (including phenoxy) is 3. The van der Waals surface area contributed by atoms with Crippen LogP contribution in [0.2, 0.25) is 0 Å². The monoisotopic (exact) mass is 467 g/mol. The number of aliphatic carboxylic acids is 1. The fourth-order valence-corrected chi connectivity index (χ4v) is 5.32. The van der Waals surface area contributed by atoms with Gasteiger partial charge in [-0.15, -0.1) is 0 Å². The van der Waals surface area contributed by atoms with Crippen molar-refractivity contribution in [1.82, 2.24) is 4.90 Å². The van der Waals surface area contributed by atoms with Crippen LogP contribution in [0, 0.1) is 5.92 Å². The van der Waals surface area contributed by atoms with E-state index in [0.29, 0.717) is 63.4 Å². The van der Waals surface area contributed by atoms with E-state index in [1.807, 2.05) is 61.2 Å². The van der Waals surface area contributed by atoms with Crippen LogP contribution in [0.15, 0.2) is 42.5 Å². The third kappa shape index (κ3) is 4.69. The summed E-state index contributed by atoms with van der Waals surface area (Å²) < 4.78 is 17.5. The van der Waals surface area contributed by atoms with Crippen molar-refractivity contribution in [2.75, 3.05) is 19.8 Å². The SMILES string of the molecule is CCOc1cc2c(cc1OCC)C1(CCC(C(=O)O)CC1)N(C(=O)OCc1ccccc1)CC2. The number of hydrogen-bond acceptors (Lipinski definition) is 5. The van der Waals surface area contributed by atoms with Gasteiger partial charge in [-0.3, -0.25) is 9.69 Å². The minimum Gasteiger partial charge on any atom is -0.490 e. The van der Waals surface area contributed by atoms with Crippen LogP contribution in [0.3, 0.4) is 0 Å². The molecule has 0 atom stereocenters. The third-order valence-electron chi connectivity index (χ3n) is 6.98. The summed E-state index contributed by atoms with van der Waals surface area (Å²) in [6.45, 7) is 5.60. The van der Waals surface area contributed by atoms with Crippen molar-refractivity contribution in [3.63, 3.8) is 0 Å². The summed E-state index contributed by atoms with van der Waals surface area (Å²) in [7, 11) is 0. The Labute approximate surface area is 200 Å². The van der Waals surface area contributed by atoms with Gasteiger partial charge in [0.05, 0.1) is 24.7 Å². The lowest BCUT2D eigenvalue weighted by molar-refractivity contribution is -0.144. The van der Waals surface area contributed by atoms with E-state index >= 15 is 0 Å². The standard InChI is InChI=1S/C27H33NO6/c1-3-32-23-16-21-12-15-28(26(31)34-18-19-8-6-5-7-9-19)27(22(21)17-24(23)33-4-2)13-10-20(11-14-27)25(29)30/h5-9,16-17,20H,3-4,10-15,18H2,1-2H3,(H,29,30). The number of nitrogens with zero attached hydrogens (tertiary/aromatic N) is 1. The second-order valence-corrected chi connectivity index (χ2v) is 8.91. The summed E-state index contributed by atoms with van der Waals surface area (Å²) in [5.41, 5.74) is 2.44. The van der Waals surface area contributed by atoms with Crippen molar-refractivity contribution in [2.45, 2.75) is 58.1 Å². The highest BCUT2D eigenvalue weighted by Crippen LogP contribution is 2.50. The van der Waals surface area contributed by atoms with E-state index in [9.17, 15) is 14.7 Å². The average molecular weight is 468 g/mol. The van der Waals surface area contributed by atoms with Gasteiger partial charge in [0, 0.05) is 6.54 Å². The van der Waals surface area contributed by atoms with Crippen molar-refractivity contribution in [3.05, 3.63) is 59.2 Å². The van der Waals surface area contributed by atoms with Gasteiger partial charge in [0.1, 0.15) is 6.61 Å². The molecule has 0 radical (unpaired) electrons. The zero-order valence-corrected chi connectivity index (χ0v) is 19.9. The van der Waals surface area contributed by atoms with Gasteiger partial charge in [-0.1, -0.05) is 30.3 Å². The summed E-state index contributed by atoms with van der Waals surface area (Å²) in [5.74, 6) is 0.193. The number of rotatable bonds is 7. The number of carboxylic acids is 1. The molecule has 0 saturated heterocycles. The van der Waals surface area contributed by atoms with Crippen LogP contribution < -0.4 is 9.47 Å². The van der Waals surface area contributed by atoms with Crippen molar-refractivity contribution in [2.24, 2.45) is 5.92 Å². The molecule has 182 valence electrons. The molecule has 7 nitrogen and oxygen atoms in total. The highest BCUT2D eigenvalue weighted by molar-refractivity contribution is 5.72. The minimum absolute atomic E-state index is 0.199. The summed E-state index contributed by atoms with van der Waals surface area (Å²) >= 11 is 0. The molecule has 1 heterocycles. The van der Waals surface area contributed by atoms with Crippen molar-refractivity contribution < 1.29 is 28.9 Å². The molecule has 1 spiro atoms. The Balaban J connectivity index is 1.68. The number of amides is 1. The number of fused-ring (bicyclic) bond motifs is 2. The summed E-state index contributed by atoms with van der Waals surface area (Å²) in [6, 6.07) is 13.6. The van der Waals surface area contributed by atoms with Gasteiger partial charge in [0.15, 0.2) is 11.5 Å². The first-order chi connectivity index (χ1) is 16.5. The molecule has 0 bridgehead atoms. The lowest BCUT2D eigenvalue weighted by atomic mass is 9.68. The average Bonchev–Trinajstić information content (AvgIpc) is 2.85. The number of carbonyl (C=O) groups excluding carboxylic acids is 1. The molecular weight excluding hydrogens is 434 g/mol. The lowest BCUT2D eigenvalue weighted by Gasteiger charge is -2.50. The molecule has 2 aromatic rings. The van der Waals surface area contributed by atoms with E-state index in [1.165, 1.54) is 0 Å². The van der Waals surface area contributed by atoms with Crippen molar-refractivity contribution in [1.29, 1.82) is 0 Å². The number of carbonyl (C=O) groups is 2. The predicted octanol–water partition coefficient (Wildman–Crippen LogP) is 5.15. The largest absolute Gasteiger partial charge is 0.490 e. The van der Waals surface area contributed by atoms with E-state index in [-0.39, 0.29) is 12.7 Å². The molecule has 1 fully saturated rings. The quantitative estimate of drug-likeness (QED) is 0.606. The fourth-order valence-electron chi connectivity index (χ4n) is 5.32. The lowest BCUT2D eigenvalue weighted by Crippen LogP contribution is -2.55. The third-order valence-corrected chi connectivity index (χ3v) is 6.98. The highest BCUT2D eigenvalue weighted by Gasteiger charge is 2.49. The predicted molar refractivity (Wildman–Crippen MR) is 127 cm³/mol. The second kappa shape index (κ2) is 10.4. The Morgan fingerprint density at radius 2 is 1.68 bits per heavy atom. The van der Waals surface area contributed by atoms with Gasteiger partial charge < -0.3 is 19.3 Å². The van der Waals surface area contributed by atoms with Gasteiger partial charge in [-0.2, -0.15) is 0 Å². The topological polar surface area (TPSA) is 85.3 Å². The van der Waals surface area contributed by atoms with Gasteiger partial charge in [0.25, 0.3) is 0 Å². The molecule has 0 unspecified atom stereocenters. The molecule has 4 rings (SSSR count).